The normalized spacial score (nSPS) is 19.2. The molecular weight excluding hydrogens is 370 g/mol. The van der Waals surface area contributed by atoms with Crippen LogP contribution in [0, 0.1) is 5.92 Å². The van der Waals surface area contributed by atoms with Gasteiger partial charge in [-0.15, -0.1) is 0 Å². The van der Waals surface area contributed by atoms with Crippen LogP contribution in [0.1, 0.15) is 39.3 Å². The number of urea groups is 1. The van der Waals surface area contributed by atoms with Gasteiger partial charge in [0.05, 0.1) is 12.2 Å². The number of carbonyl (C=O) groups is 3. The molecule has 0 atom stereocenters. The summed E-state index contributed by atoms with van der Waals surface area (Å²) in [6, 6.07) is 5.45. The molecular formula is C21H27N5O3. The van der Waals surface area contributed by atoms with Crippen LogP contribution in [0.2, 0.25) is 0 Å². The first-order chi connectivity index (χ1) is 13.8. The monoisotopic (exact) mass is 397 g/mol. The average molecular weight is 397 g/mol. The Hall–Kier alpha value is -2.90. The Morgan fingerprint density at radius 3 is 2.55 bits per heavy atom. The van der Waals surface area contributed by atoms with Gasteiger partial charge in [-0.05, 0) is 30.9 Å². The van der Waals surface area contributed by atoms with E-state index in [1.807, 2.05) is 48.8 Å². The molecule has 2 fully saturated rings. The van der Waals surface area contributed by atoms with Crippen molar-refractivity contribution in [2.45, 2.75) is 45.7 Å². The number of amides is 4. The summed E-state index contributed by atoms with van der Waals surface area (Å²) in [5.41, 5.74) is 0.609. The zero-order chi connectivity index (χ0) is 20.8. The summed E-state index contributed by atoms with van der Waals surface area (Å²) in [5.74, 6) is 0.0848. The molecule has 2 aromatic heterocycles. The third-order valence-corrected chi connectivity index (χ3v) is 5.94. The van der Waals surface area contributed by atoms with Gasteiger partial charge in [0.1, 0.15) is 11.2 Å². The van der Waals surface area contributed by atoms with Crippen molar-refractivity contribution in [3.63, 3.8) is 0 Å². The molecule has 0 N–H and O–H groups in total. The number of imide groups is 1. The van der Waals surface area contributed by atoms with Gasteiger partial charge in [-0.1, -0.05) is 19.9 Å². The highest BCUT2D eigenvalue weighted by Gasteiger charge is 2.58. The number of hydrogen-bond donors (Lipinski definition) is 0. The molecule has 8 heteroatoms. The molecule has 0 bridgehead atoms. The number of pyridine rings is 1. The molecule has 2 aliphatic heterocycles. The van der Waals surface area contributed by atoms with Crippen molar-refractivity contribution in [2.75, 3.05) is 19.6 Å². The topological polar surface area (TPSA) is 78.2 Å². The lowest BCUT2D eigenvalue weighted by Crippen LogP contribution is -2.57. The minimum absolute atomic E-state index is 0.00795. The van der Waals surface area contributed by atoms with Crippen molar-refractivity contribution in [3.8, 4) is 0 Å². The fourth-order valence-electron chi connectivity index (χ4n) is 4.44. The van der Waals surface area contributed by atoms with E-state index in [1.54, 1.807) is 16.7 Å². The summed E-state index contributed by atoms with van der Waals surface area (Å²) in [6.07, 6.45) is 4.70. The lowest BCUT2D eigenvalue weighted by Gasteiger charge is -2.42. The van der Waals surface area contributed by atoms with Crippen LogP contribution < -0.4 is 0 Å². The number of carbonyl (C=O) groups excluding carboxylic acids is 3. The minimum Gasteiger partial charge on any atom is -0.343 e. The SMILES string of the molecule is CC(=O)N1CCC2(CC1)C(=O)N(Cc1cn3ccccc3n1)C(=O)N2CC(C)C. The van der Waals surface area contributed by atoms with Crippen molar-refractivity contribution in [1.82, 2.24) is 24.1 Å². The first kappa shape index (κ1) is 19.4. The maximum Gasteiger partial charge on any atom is 0.328 e. The Labute approximate surface area is 170 Å². The van der Waals surface area contributed by atoms with E-state index in [-0.39, 0.29) is 30.3 Å². The number of imidazole rings is 1. The Balaban J connectivity index is 1.62. The van der Waals surface area contributed by atoms with Crippen LogP contribution in [0.4, 0.5) is 4.79 Å². The second kappa shape index (κ2) is 7.17. The van der Waals surface area contributed by atoms with Crippen LogP contribution in [-0.4, -0.2) is 67.1 Å². The molecule has 1 spiro atoms. The van der Waals surface area contributed by atoms with Crippen LogP contribution in [0.3, 0.4) is 0 Å². The van der Waals surface area contributed by atoms with Gasteiger partial charge in [-0.3, -0.25) is 14.5 Å². The van der Waals surface area contributed by atoms with Crippen LogP contribution in [0.25, 0.3) is 5.65 Å². The molecule has 4 amide bonds. The molecule has 0 saturated carbocycles. The average Bonchev–Trinajstić information content (AvgIpc) is 3.18. The predicted octanol–water partition coefficient (Wildman–Crippen LogP) is 2.14. The fourth-order valence-corrected chi connectivity index (χ4v) is 4.44. The molecule has 2 aromatic rings. The van der Waals surface area contributed by atoms with Gasteiger partial charge in [0.15, 0.2) is 0 Å². The molecule has 0 radical (unpaired) electrons. The van der Waals surface area contributed by atoms with Crippen molar-refractivity contribution in [1.29, 1.82) is 0 Å². The molecule has 0 aromatic carbocycles. The van der Waals surface area contributed by atoms with Crippen LogP contribution >= 0.6 is 0 Å². The maximum atomic E-state index is 13.5. The highest BCUT2D eigenvalue weighted by atomic mass is 16.2. The molecule has 8 nitrogen and oxygen atoms in total. The summed E-state index contributed by atoms with van der Waals surface area (Å²) in [7, 11) is 0. The molecule has 4 rings (SSSR count). The van der Waals surface area contributed by atoms with Crippen LogP contribution in [0.5, 0.6) is 0 Å². The smallest absolute Gasteiger partial charge is 0.328 e. The number of likely N-dealkylation sites (tertiary alicyclic amines) is 1. The van der Waals surface area contributed by atoms with Gasteiger partial charge in [-0.2, -0.15) is 0 Å². The molecule has 4 heterocycles. The summed E-state index contributed by atoms with van der Waals surface area (Å²) in [4.78, 5) is 47.9. The standard InChI is InChI=1S/C21H27N5O3/c1-15(2)12-26-20(29)25(14-17-13-24-9-5-4-6-18(24)22-17)19(28)21(26)7-10-23(11-8-21)16(3)27/h4-6,9,13,15H,7-8,10-12,14H2,1-3H3. The summed E-state index contributed by atoms with van der Waals surface area (Å²) >= 11 is 0. The number of piperidine rings is 1. The Bertz CT molecular complexity index is 925. The van der Waals surface area contributed by atoms with Crippen molar-refractivity contribution in [2.24, 2.45) is 5.92 Å². The van der Waals surface area contributed by atoms with Gasteiger partial charge < -0.3 is 14.2 Å². The van der Waals surface area contributed by atoms with E-state index in [2.05, 4.69) is 4.98 Å². The van der Waals surface area contributed by atoms with Gasteiger partial charge in [0.2, 0.25) is 5.91 Å². The van der Waals surface area contributed by atoms with E-state index in [0.717, 1.165) is 5.65 Å². The molecule has 154 valence electrons. The molecule has 29 heavy (non-hydrogen) atoms. The first-order valence-corrected chi connectivity index (χ1v) is 10.1. The van der Waals surface area contributed by atoms with Crippen molar-refractivity contribution >= 4 is 23.5 Å². The third kappa shape index (κ3) is 3.26. The quantitative estimate of drug-likeness (QED) is 0.741. The number of nitrogens with zero attached hydrogens (tertiary/aromatic N) is 5. The van der Waals surface area contributed by atoms with Gasteiger partial charge in [-0.25, -0.2) is 9.78 Å². The molecule has 2 saturated heterocycles. The molecule has 2 aliphatic rings. The number of fused-ring (bicyclic) bond motifs is 1. The minimum atomic E-state index is -0.855. The summed E-state index contributed by atoms with van der Waals surface area (Å²) < 4.78 is 1.88. The number of aromatic nitrogens is 2. The fraction of sp³-hybridized carbons (Fsp3) is 0.524. The number of hydrogen-bond acceptors (Lipinski definition) is 4. The Morgan fingerprint density at radius 2 is 1.93 bits per heavy atom. The van der Waals surface area contributed by atoms with Gasteiger partial charge >= 0.3 is 6.03 Å². The van der Waals surface area contributed by atoms with Crippen LogP contribution in [-0.2, 0) is 16.1 Å². The zero-order valence-corrected chi connectivity index (χ0v) is 17.2. The van der Waals surface area contributed by atoms with E-state index in [9.17, 15) is 14.4 Å². The lowest BCUT2D eigenvalue weighted by molar-refractivity contribution is -0.140. The number of rotatable bonds is 4. The van der Waals surface area contributed by atoms with E-state index in [1.165, 1.54) is 4.90 Å². The van der Waals surface area contributed by atoms with E-state index in [4.69, 9.17) is 0 Å². The molecule has 0 aliphatic carbocycles. The second-order valence-corrected chi connectivity index (χ2v) is 8.41. The predicted molar refractivity (Wildman–Crippen MR) is 107 cm³/mol. The zero-order valence-electron chi connectivity index (χ0n) is 17.2. The second-order valence-electron chi connectivity index (χ2n) is 8.41. The Kier molecular flexibility index (Phi) is 4.80. The Morgan fingerprint density at radius 1 is 1.21 bits per heavy atom. The lowest BCUT2D eigenvalue weighted by atomic mass is 9.85. The van der Waals surface area contributed by atoms with Gasteiger partial charge in [0, 0.05) is 39.0 Å². The largest absolute Gasteiger partial charge is 0.343 e. The first-order valence-electron chi connectivity index (χ1n) is 10.1. The van der Waals surface area contributed by atoms with Crippen molar-refractivity contribution in [3.05, 3.63) is 36.3 Å². The van der Waals surface area contributed by atoms with E-state index in [0.29, 0.717) is 38.2 Å². The maximum absolute atomic E-state index is 13.5. The highest BCUT2D eigenvalue weighted by molar-refractivity contribution is 6.07. The van der Waals surface area contributed by atoms with Crippen LogP contribution in [0.15, 0.2) is 30.6 Å². The summed E-state index contributed by atoms with van der Waals surface area (Å²) in [6.45, 7) is 7.29. The van der Waals surface area contributed by atoms with Gasteiger partial charge in [0.25, 0.3) is 5.91 Å². The van der Waals surface area contributed by atoms with E-state index >= 15 is 0 Å². The van der Waals surface area contributed by atoms with E-state index < -0.39 is 5.54 Å². The van der Waals surface area contributed by atoms with Crippen molar-refractivity contribution < 1.29 is 14.4 Å². The summed E-state index contributed by atoms with van der Waals surface area (Å²) in [5, 5.41) is 0. The molecule has 0 unspecified atom stereocenters. The third-order valence-electron chi connectivity index (χ3n) is 5.94. The highest BCUT2D eigenvalue weighted by Crippen LogP contribution is 2.38.